The van der Waals surface area contributed by atoms with E-state index < -0.39 is 0 Å². The molecule has 0 aliphatic heterocycles. The Bertz CT molecular complexity index is 746. The van der Waals surface area contributed by atoms with Gasteiger partial charge in [0.15, 0.2) is 5.69 Å². The predicted molar refractivity (Wildman–Crippen MR) is 77.7 cm³/mol. The van der Waals surface area contributed by atoms with Crippen LogP contribution in [0.15, 0.2) is 48.9 Å². The number of aromatic nitrogens is 4. The van der Waals surface area contributed by atoms with Crippen LogP contribution in [-0.2, 0) is 6.54 Å². The van der Waals surface area contributed by atoms with Crippen molar-refractivity contribution in [2.24, 2.45) is 0 Å². The molecule has 1 amide bonds. The van der Waals surface area contributed by atoms with Crippen molar-refractivity contribution in [2.75, 3.05) is 5.73 Å². The number of amides is 1. The zero-order chi connectivity index (χ0) is 14.7. The predicted octanol–water partition coefficient (Wildman–Crippen LogP) is 1.11. The third kappa shape index (κ3) is 2.92. The van der Waals surface area contributed by atoms with Crippen molar-refractivity contribution in [1.29, 1.82) is 0 Å². The maximum absolute atomic E-state index is 12.0. The van der Waals surface area contributed by atoms with Crippen LogP contribution >= 0.6 is 0 Å². The lowest BCUT2D eigenvalue weighted by molar-refractivity contribution is 0.0944. The Morgan fingerprint density at radius 1 is 1.38 bits per heavy atom. The van der Waals surface area contributed by atoms with Crippen LogP contribution < -0.4 is 11.1 Å². The standard InChI is InChI=1S/C14H14N6O/c15-10-2-1-3-11(8-10)20-7-4-12(19-20)14(21)18-9-13-16-5-6-17-13/h1-8H,9,15H2,(H,16,17)(H,18,21). The van der Waals surface area contributed by atoms with E-state index in [1.807, 2.05) is 12.1 Å². The summed E-state index contributed by atoms with van der Waals surface area (Å²) >= 11 is 0. The lowest BCUT2D eigenvalue weighted by Gasteiger charge is -2.02. The van der Waals surface area contributed by atoms with E-state index in [0.717, 1.165) is 5.69 Å². The van der Waals surface area contributed by atoms with Crippen molar-refractivity contribution in [2.45, 2.75) is 6.54 Å². The molecule has 0 saturated heterocycles. The van der Waals surface area contributed by atoms with E-state index in [2.05, 4.69) is 20.4 Å². The maximum Gasteiger partial charge on any atom is 0.272 e. The van der Waals surface area contributed by atoms with E-state index >= 15 is 0 Å². The van der Waals surface area contributed by atoms with Gasteiger partial charge in [-0.15, -0.1) is 0 Å². The molecule has 0 aliphatic rings. The average Bonchev–Trinajstić information content (AvgIpc) is 3.16. The fourth-order valence-corrected chi connectivity index (χ4v) is 1.91. The zero-order valence-electron chi connectivity index (χ0n) is 11.2. The molecule has 7 nitrogen and oxygen atoms in total. The first-order valence-electron chi connectivity index (χ1n) is 6.40. The second-order valence-corrected chi connectivity index (χ2v) is 4.46. The third-order valence-electron chi connectivity index (χ3n) is 2.93. The Hall–Kier alpha value is -3.09. The van der Waals surface area contributed by atoms with E-state index in [-0.39, 0.29) is 5.91 Å². The Balaban J connectivity index is 1.71. The first kappa shape index (κ1) is 12.9. The molecular weight excluding hydrogens is 268 g/mol. The van der Waals surface area contributed by atoms with Crippen molar-refractivity contribution in [3.8, 4) is 5.69 Å². The molecule has 3 aromatic rings. The molecule has 0 spiro atoms. The van der Waals surface area contributed by atoms with Gasteiger partial charge >= 0.3 is 0 Å². The molecule has 2 aromatic heterocycles. The van der Waals surface area contributed by atoms with E-state index in [9.17, 15) is 4.79 Å². The number of carbonyl (C=O) groups excluding carboxylic acids is 1. The molecule has 1 aromatic carbocycles. The number of imidazole rings is 1. The number of nitrogens with zero attached hydrogens (tertiary/aromatic N) is 3. The van der Waals surface area contributed by atoms with Gasteiger partial charge in [0, 0.05) is 24.3 Å². The van der Waals surface area contributed by atoms with Gasteiger partial charge in [0.05, 0.1) is 12.2 Å². The lowest BCUT2D eigenvalue weighted by Crippen LogP contribution is -2.24. The van der Waals surface area contributed by atoms with Gasteiger partial charge in [0.2, 0.25) is 0 Å². The van der Waals surface area contributed by atoms with Gasteiger partial charge in [-0.05, 0) is 24.3 Å². The maximum atomic E-state index is 12.0. The van der Waals surface area contributed by atoms with Crippen molar-refractivity contribution >= 4 is 11.6 Å². The molecule has 2 heterocycles. The van der Waals surface area contributed by atoms with Crippen LogP contribution in [0.25, 0.3) is 5.69 Å². The number of anilines is 1. The molecule has 7 heteroatoms. The Labute approximate surface area is 120 Å². The summed E-state index contributed by atoms with van der Waals surface area (Å²) in [7, 11) is 0. The number of nitrogens with two attached hydrogens (primary N) is 1. The Kier molecular flexibility index (Phi) is 3.38. The van der Waals surface area contributed by atoms with Crippen molar-refractivity contribution in [3.05, 3.63) is 60.4 Å². The molecule has 0 saturated carbocycles. The van der Waals surface area contributed by atoms with Gasteiger partial charge in [0.1, 0.15) is 5.82 Å². The van der Waals surface area contributed by atoms with E-state index in [1.54, 1.807) is 41.5 Å². The fraction of sp³-hybridized carbons (Fsp3) is 0.0714. The Morgan fingerprint density at radius 3 is 3.05 bits per heavy atom. The monoisotopic (exact) mass is 282 g/mol. The molecule has 106 valence electrons. The van der Waals surface area contributed by atoms with E-state index in [4.69, 9.17) is 5.73 Å². The summed E-state index contributed by atoms with van der Waals surface area (Å²) in [6.45, 7) is 0.330. The molecule has 0 fully saturated rings. The van der Waals surface area contributed by atoms with Gasteiger partial charge in [0.25, 0.3) is 5.91 Å². The van der Waals surface area contributed by atoms with E-state index in [1.165, 1.54) is 0 Å². The van der Waals surface area contributed by atoms with Crippen molar-refractivity contribution < 1.29 is 4.79 Å². The normalized spacial score (nSPS) is 10.5. The second kappa shape index (κ2) is 5.49. The van der Waals surface area contributed by atoms with Crippen molar-refractivity contribution in [3.63, 3.8) is 0 Å². The molecule has 0 bridgehead atoms. The van der Waals surface area contributed by atoms with Crippen molar-refractivity contribution in [1.82, 2.24) is 25.1 Å². The highest BCUT2D eigenvalue weighted by molar-refractivity contribution is 5.92. The number of nitrogen functional groups attached to an aromatic ring is 1. The summed E-state index contributed by atoms with van der Waals surface area (Å²) in [5, 5.41) is 6.98. The van der Waals surface area contributed by atoms with Gasteiger partial charge in [-0.25, -0.2) is 9.67 Å². The first-order valence-corrected chi connectivity index (χ1v) is 6.40. The summed E-state index contributed by atoms with van der Waals surface area (Å²) < 4.78 is 1.61. The van der Waals surface area contributed by atoms with Crippen LogP contribution in [0.1, 0.15) is 16.3 Å². The number of benzene rings is 1. The molecule has 4 N–H and O–H groups in total. The third-order valence-corrected chi connectivity index (χ3v) is 2.93. The number of rotatable bonds is 4. The van der Waals surface area contributed by atoms with Gasteiger partial charge in [-0.2, -0.15) is 5.10 Å². The summed E-state index contributed by atoms with van der Waals surface area (Å²) in [6.07, 6.45) is 5.06. The molecule has 0 unspecified atom stereocenters. The smallest absolute Gasteiger partial charge is 0.272 e. The SMILES string of the molecule is Nc1cccc(-n2ccc(C(=O)NCc3ncc[nH]3)n2)c1. The number of hydrogen-bond acceptors (Lipinski definition) is 4. The van der Waals surface area contributed by atoms with Crippen LogP contribution in [0.4, 0.5) is 5.69 Å². The van der Waals surface area contributed by atoms with Crippen LogP contribution in [0, 0.1) is 0 Å². The van der Waals surface area contributed by atoms with Crippen LogP contribution in [-0.4, -0.2) is 25.7 Å². The lowest BCUT2D eigenvalue weighted by atomic mass is 10.3. The zero-order valence-corrected chi connectivity index (χ0v) is 11.2. The highest BCUT2D eigenvalue weighted by Crippen LogP contribution is 2.11. The molecule has 0 atom stereocenters. The van der Waals surface area contributed by atoms with Gasteiger partial charge < -0.3 is 16.0 Å². The molecule has 3 rings (SSSR count). The van der Waals surface area contributed by atoms with Crippen LogP contribution in [0.3, 0.4) is 0 Å². The van der Waals surface area contributed by atoms with Crippen LogP contribution in [0.2, 0.25) is 0 Å². The van der Waals surface area contributed by atoms with Gasteiger partial charge in [-0.3, -0.25) is 4.79 Å². The second-order valence-electron chi connectivity index (χ2n) is 4.46. The summed E-state index contributed by atoms with van der Waals surface area (Å²) in [4.78, 5) is 18.9. The van der Waals surface area contributed by atoms with E-state index in [0.29, 0.717) is 23.8 Å². The molecular formula is C14H14N6O. The average molecular weight is 282 g/mol. The minimum absolute atomic E-state index is 0.256. The summed E-state index contributed by atoms with van der Waals surface area (Å²) in [6, 6.07) is 8.94. The molecule has 0 aliphatic carbocycles. The first-order chi connectivity index (χ1) is 10.2. The molecule has 0 radical (unpaired) electrons. The highest BCUT2D eigenvalue weighted by Gasteiger charge is 2.10. The quantitative estimate of drug-likeness (QED) is 0.624. The summed E-state index contributed by atoms with van der Waals surface area (Å²) in [5.41, 5.74) is 7.52. The number of aromatic amines is 1. The number of H-pyrrole nitrogens is 1. The number of hydrogen-bond donors (Lipinski definition) is 3. The minimum Gasteiger partial charge on any atom is -0.399 e. The highest BCUT2D eigenvalue weighted by atomic mass is 16.1. The fourth-order valence-electron chi connectivity index (χ4n) is 1.91. The summed E-state index contributed by atoms with van der Waals surface area (Å²) in [5.74, 6) is 0.438. The molecule has 21 heavy (non-hydrogen) atoms. The number of carbonyl (C=O) groups is 1. The Morgan fingerprint density at radius 2 is 2.29 bits per heavy atom. The topological polar surface area (TPSA) is 102 Å². The largest absolute Gasteiger partial charge is 0.399 e. The number of nitrogens with one attached hydrogen (secondary N) is 2. The van der Waals surface area contributed by atoms with Gasteiger partial charge in [-0.1, -0.05) is 6.07 Å². The van der Waals surface area contributed by atoms with Crippen LogP contribution in [0.5, 0.6) is 0 Å². The minimum atomic E-state index is -0.256.